The molecule has 0 radical (unpaired) electrons. The van der Waals surface area contributed by atoms with Crippen molar-refractivity contribution in [1.82, 2.24) is 10.2 Å². The Morgan fingerprint density at radius 3 is 2.88 bits per heavy atom. The van der Waals surface area contributed by atoms with Crippen LogP contribution in [0.2, 0.25) is 0 Å². The van der Waals surface area contributed by atoms with E-state index < -0.39 is 0 Å². The fraction of sp³-hybridized carbons (Fsp3) is 0.500. The Balaban J connectivity index is 1.99. The zero-order valence-corrected chi connectivity index (χ0v) is 10.6. The largest absolute Gasteiger partial charge is 0.340 e. The summed E-state index contributed by atoms with van der Waals surface area (Å²) in [5.41, 5.74) is 2.47. The van der Waals surface area contributed by atoms with Crippen molar-refractivity contribution in [2.24, 2.45) is 0 Å². The van der Waals surface area contributed by atoms with E-state index in [4.69, 9.17) is 0 Å². The molecule has 1 N–H and O–H groups in total. The molecule has 1 aromatic carbocycles. The Hall–Kier alpha value is -1.35. The molecule has 1 aromatic rings. The predicted molar refractivity (Wildman–Crippen MR) is 68.7 cm³/mol. The summed E-state index contributed by atoms with van der Waals surface area (Å²) in [7, 11) is 1.88. The predicted octanol–water partition coefficient (Wildman–Crippen LogP) is 1.71. The molecule has 2 rings (SSSR count). The summed E-state index contributed by atoms with van der Waals surface area (Å²) >= 11 is 0. The smallest absolute Gasteiger partial charge is 0.239 e. The zero-order valence-electron chi connectivity index (χ0n) is 10.6. The molecular formula is C14H20N2O. The minimum atomic E-state index is 0.0315. The fourth-order valence-corrected chi connectivity index (χ4v) is 2.28. The number of nitrogens with one attached hydrogen (secondary N) is 1. The molecule has 3 heteroatoms. The molecule has 1 aliphatic heterocycles. The van der Waals surface area contributed by atoms with Crippen LogP contribution in [0.5, 0.6) is 0 Å². The Morgan fingerprint density at radius 2 is 2.24 bits per heavy atom. The molecule has 0 bridgehead atoms. The lowest BCUT2D eigenvalue weighted by molar-refractivity contribution is -0.132. The summed E-state index contributed by atoms with van der Waals surface area (Å²) in [6.07, 6.45) is 2.07. The average Bonchev–Trinajstić information content (AvgIpc) is 2.84. The van der Waals surface area contributed by atoms with E-state index in [1.54, 1.807) is 0 Å². The van der Waals surface area contributed by atoms with Crippen LogP contribution in [0, 0.1) is 6.92 Å². The van der Waals surface area contributed by atoms with Gasteiger partial charge in [0.1, 0.15) is 0 Å². The maximum absolute atomic E-state index is 12.1. The van der Waals surface area contributed by atoms with E-state index in [1.165, 1.54) is 11.1 Å². The summed E-state index contributed by atoms with van der Waals surface area (Å²) in [5, 5.41) is 3.25. The van der Waals surface area contributed by atoms with Gasteiger partial charge in [-0.3, -0.25) is 4.79 Å². The topological polar surface area (TPSA) is 32.3 Å². The summed E-state index contributed by atoms with van der Waals surface area (Å²) in [6.45, 7) is 3.75. The highest BCUT2D eigenvalue weighted by Crippen LogP contribution is 2.13. The molecular weight excluding hydrogens is 212 g/mol. The SMILES string of the molecule is Cc1ccccc1CN(C)C(=O)C1CCCN1. The minimum Gasteiger partial charge on any atom is -0.340 e. The van der Waals surface area contributed by atoms with Crippen LogP contribution in [-0.2, 0) is 11.3 Å². The molecule has 1 fully saturated rings. The number of hydrogen-bond donors (Lipinski definition) is 1. The van der Waals surface area contributed by atoms with Crippen LogP contribution < -0.4 is 5.32 Å². The number of benzene rings is 1. The first-order chi connectivity index (χ1) is 8.18. The molecule has 1 aliphatic rings. The van der Waals surface area contributed by atoms with Gasteiger partial charge in [0.25, 0.3) is 0 Å². The summed E-state index contributed by atoms with van der Waals surface area (Å²) in [4.78, 5) is 13.9. The highest BCUT2D eigenvalue weighted by atomic mass is 16.2. The first-order valence-corrected chi connectivity index (χ1v) is 6.21. The Labute approximate surface area is 103 Å². The van der Waals surface area contributed by atoms with Gasteiger partial charge in [0.15, 0.2) is 0 Å². The van der Waals surface area contributed by atoms with Gasteiger partial charge in [0.2, 0.25) is 5.91 Å². The van der Waals surface area contributed by atoms with E-state index in [1.807, 2.05) is 24.1 Å². The van der Waals surface area contributed by atoms with Crippen molar-refractivity contribution in [3.63, 3.8) is 0 Å². The van der Waals surface area contributed by atoms with E-state index in [2.05, 4.69) is 24.4 Å². The standard InChI is InChI=1S/C14H20N2O/c1-11-6-3-4-7-12(11)10-16(2)14(17)13-8-5-9-15-13/h3-4,6-7,13,15H,5,8-10H2,1-2H3. The van der Waals surface area contributed by atoms with Crippen molar-refractivity contribution in [3.05, 3.63) is 35.4 Å². The lowest BCUT2D eigenvalue weighted by Gasteiger charge is -2.22. The average molecular weight is 232 g/mol. The Bertz CT molecular complexity index is 397. The number of hydrogen-bond acceptors (Lipinski definition) is 2. The second-order valence-electron chi connectivity index (χ2n) is 4.77. The van der Waals surface area contributed by atoms with Crippen LogP contribution in [0.1, 0.15) is 24.0 Å². The molecule has 1 saturated heterocycles. The van der Waals surface area contributed by atoms with Gasteiger partial charge in [0, 0.05) is 13.6 Å². The van der Waals surface area contributed by atoms with E-state index in [-0.39, 0.29) is 11.9 Å². The molecule has 1 atom stereocenters. The molecule has 1 unspecified atom stereocenters. The molecule has 0 aliphatic carbocycles. The van der Waals surface area contributed by atoms with Gasteiger partial charge in [-0.1, -0.05) is 24.3 Å². The molecule has 0 spiro atoms. The Kier molecular flexibility index (Phi) is 3.79. The minimum absolute atomic E-state index is 0.0315. The number of carbonyl (C=O) groups is 1. The van der Waals surface area contributed by atoms with E-state index >= 15 is 0 Å². The third-order valence-electron chi connectivity index (χ3n) is 3.40. The van der Waals surface area contributed by atoms with Crippen LogP contribution in [0.3, 0.4) is 0 Å². The van der Waals surface area contributed by atoms with Crippen molar-refractivity contribution in [3.8, 4) is 0 Å². The van der Waals surface area contributed by atoms with Crippen LogP contribution >= 0.6 is 0 Å². The summed E-state index contributed by atoms with van der Waals surface area (Å²) < 4.78 is 0. The molecule has 3 nitrogen and oxygen atoms in total. The molecule has 0 aromatic heterocycles. The number of nitrogens with zero attached hydrogens (tertiary/aromatic N) is 1. The first kappa shape index (κ1) is 12.1. The van der Waals surface area contributed by atoms with Gasteiger partial charge in [-0.15, -0.1) is 0 Å². The summed E-state index contributed by atoms with van der Waals surface area (Å²) in [5.74, 6) is 0.214. The molecule has 1 amide bonds. The third-order valence-corrected chi connectivity index (χ3v) is 3.40. The monoisotopic (exact) mass is 232 g/mol. The van der Waals surface area contributed by atoms with Crippen molar-refractivity contribution in [2.75, 3.05) is 13.6 Å². The van der Waals surface area contributed by atoms with Crippen LogP contribution in [0.15, 0.2) is 24.3 Å². The maximum atomic E-state index is 12.1. The molecule has 0 saturated carbocycles. The number of carbonyl (C=O) groups excluding carboxylic acids is 1. The van der Waals surface area contributed by atoms with E-state index in [0.717, 1.165) is 19.4 Å². The second-order valence-corrected chi connectivity index (χ2v) is 4.77. The van der Waals surface area contributed by atoms with Gasteiger partial charge in [-0.25, -0.2) is 0 Å². The number of rotatable bonds is 3. The van der Waals surface area contributed by atoms with Gasteiger partial charge in [0.05, 0.1) is 6.04 Å². The zero-order chi connectivity index (χ0) is 12.3. The van der Waals surface area contributed by atoms with Gasteiger partial charge in [-0.2, -0.15) is 0 Å². The van der Waals surface area contributed by atoms with Crippen molar-refractivity contribution >= 4 is 5.91 Å². The lowest BCUT2D eigenvalue weighted by Crippen LogP contribution is -2.41. The Morgan fingerprint density at radius 1 is 1.47 bits per heavy atom. The molecule has 92 valence electrons. The van der Waals surface area contributed by atoms with Gasteiger partial charge >= 0.3 is 0 Å². The van der Waals surface area contributed by atoms with Crippen LogP contribution in [0.25, 0.3) is 0 Å². The van der Waals surface area contributed by atoms with Crippen LogP contribution in [-0.4, -0.2) is 30.4 Å². The highest BCUT2D eigenvalue weighted by molar-refractivity contribution is 5.81. The number of amides is 1. The normalized spacial score (nSPS) is 19.3. The van der Waals surface area contributed by atoms with E-state index in [9.17, 15) is 4.79 Å². The van der Waals surface area contributed by atoms with Crippen molar-refractivity contribution in [1.29, 1.82) is 0 Å². The highest BCUT2D eigenvalue weighted by Gasteiger charge is 2.24. The van der Waals surface area contributed by atoms with Gasteiger partial charge < -0.3 is 10.2 Å². The second kappa shape index (κ2) is 5.32. The lowest BCUT2D eigenvalue weighted by atomic mass is 10.1. The number of likely N-dealkylation sites (N-methyl/N-ethyl adjacent to an activating group) is 1. The quantitative estimate of drug-likeness (QED) is 0.860. The molecule has 1 heterocycles. The maximum Gasteiger partial charge on any atom is 0.239 e. The van der Waals surface area contributed by atoms with Crippen molar-refractivity contribution in [2.45, 2.75) is 32.4 Å². The third kappa shape index (κ3) is 2.86. The van der Waals surface area contributed by atoms with E-state index in [0.29, 0.717) is 6.54 Å². The number of aryl methyl sites for hydroxylation is 1. The fourth-order valence-electron chi connectivity index (χ4n) is 2.28. The van der Waals surface area contributed by atoms with Crippen LogP contribution in [0.4, 0.5) is 0 Å². The van der Waals surface area contributed by atoms with Gasteiger partial charge in [-0.05, 0) is 37.4 Å². The first-order valence-electron chi connectivity index (χ1n) is 6.21. The van der Waals surface area contributed by atoms with Crippen molar-refractivity contribution < 1.29 is 4.79 Å². The summed E-state index contributed by atoms with van der Waals surface area (Å²) in [6, 6.07) is 8.25. The molecule has 17 heavy (non-hydrogen) atoms.